The Morgan fingerprint density at radius 3 is 3.00 bits per heavy atom. The lowest BCUT2D eigenvalue weighted by molar-refractivity contribution is 0.0728. The number of nitrogens with zero attached hydrogens (tertiary/aromatic N) is 2. The highest BCUT2D eigenvalue weighted by molar-refractivity contribution is 5.96. The number of halogens is 1. The number of hydrogen-bond acceptors (Lipinski definition) is 3. The highest BCUT2D eigenvalue weighted by Crippen LogP contribution is 2.19. The molecule has 0 saturated carbocycles. The number of likely N-dealkylation sites (tertiary alicyclic amines) is 1. The quantitative estimate of drug-likeness (QED) is 0.659. The summed E-state index contributed by atoms with van der Waals surface area (Å²) in [7, 11) is 0. The number of carbonyl (C=O) groups excluding carboxylic acids is 1. The van der Waals surface area contributed by atoms with E-state index >= 15 is 0 Å². The predicted octanol–water partition coefficient (Wildman–Crippen LogP) is 2.53. The van der Waals surface area contributed by atoms with Gasteiger partial charge in [0.1, 0.15) is 5.82 Å². The zero-order valence-corrected chi connectivity index (χ0v) is 10.8. The molecule has 1 N–H and O–H groups in total. The number of benzene rings is 1. The van der Waals surface area contributed by atoms with Gasteiger partial charge in [-0.2, -0.15) is 0 Å². The minimum absolute atomic E-state index is 0.0799. The second-order valence-corrected chi connectivity index (χ2v) is 4.71. The maximum absolute atomic E-state index is 13.1. The van der Waals surface area contributed by atoms with Crippen molar-refractivity contribution in [3.8, 4) is 0 Å². The summed E-state index contributed by atoms with van der Waals surface area (Å²) in [6.07, 6.45) is 1.38. The molecule has 1 saturated heterocycles. The van der Waals surface area contributed by atoms with Crippen molar-refractivity contribution in [2.45, 2.75) is 19.8 Å². The van der Waals surface area contributed by atoms with Crippen molar-refractivity contribution in [3.05, 3.63) is 35.6 Å². The summed E-state index contributed by atoms with van der Waals surface area (Å²) in [6, 6.07) is 5.71. The van der Waals surface area contributed by atoms with Crippen molar-refractivity contribution < 1.29 is 14.4 Å². The topological polar surface area (TPSA) is 52.9 Å². The summed E-state index contributed by atoms with van der Waals surface area (Å²) in [4.78, 5) is 14.0. The van der Waals surface area contributed by atoms with Gasteiger partial charge >= 0.3 is 0 Å². The van der Waals surface area contributed by atoms with Gasteiger partial charge in [-0.15, -0.1) is 0 Å². The van der Waals surface area contributed by atoms with E-state index in [0.29, 0.717) is 25.1 Å². The molecule has 1 aliphatic rings. The molecule has 1 unspecified atom stereocenters. The van der Waals surface area contributed by atoms with Crippen LogP contribution in [0.5, 0.6) is 0 Å². The Morgan fingerprint density at radius 2 is 2.37 bits per heavy atom. The second kappa shape index (κ2) is 5.82. The zero-order valence-electron chi connectivity index (χ0n) is 10.8. The molecule has 0 aliphatic carbocycles. The summed E-state index contributed by atoms with van der Waals surface area (Å²) in [5.74, 6) is -0.501. The van der Waals surface area contributed by atoms with Gasteiger partial charge in [-0.05, 0) is 24.6 Å². The Bertz CT molecular complexity index is 502. The number of piperidine rings is 1. The van der Waals surface area contributed by atoms with Crippen LogP contribution >= 0.6 is 0 Å². The summed E-state index contributed by atoms with van der Waals surface area (Å²) in [5, 5.41) is 12.2. The van der Waals surface area contributed by atoms with E-state index in [4.69, 9.17) is 5.21 Å². The first-order valence-electron chi connectivity index (χ1n) is 6.41. The Balaban J connectivity index is 2.13. The molecule has 0 aromatic heterocycles. The first-order chi connectivity index (χ1) is 9.15. The van der Waals surface area contributed by atoms with Gasteiger partial charge in [-0.3, -0.25) is 4.79 Å². The van der Waals surface area contributed by atoms with Crippen LogP contribution in [0.1, 0.15) is 30.1 Å². The SMILES string of the molecule is CCC1CN(C(=O)c2cccc(F)c2)CC/C1=N\O. The maximum Gasteiger partial charge on any atom is 0.253 e. The largest absolute Gasteiger partial charge is 0.411 e. The molecule has 1 heterocycles. The second-order valence-electron chi connectivity index (χ2n) is 4.71. The third-order valence-corrected chi connectivity index (χ3v) is 3.53. The minimum Gasteiger partial charge on any atom is -0.411 e. The van der Waals surface area contributed by atoms with Crippen LogP contribution in [0, 0.1) is 11.7 Å². The number of amides is 1. The summed E-state index contributed by atoms with van der Waals surface area (Å²) < 4.78 is 13.1. The average Bonchev–Trinajstić information content (AvgIpc) is 2.45. The normalized spacial score (nSPS) is 21.7. The highest BCUT2D eigenvalue weighted by atomic mass is 19.1. The Kier molecular flexibility index (Phi) is 4.14. The summed E-state index contributed by atoms with van der Waals surface area (Å²) in [6.45, 7) is 3.02. The Labute approximate surface area is 111 Å². The van der Waals surface area contributed by atoms with Crippen LogP contribution in [0.4, 0.5) is 4.39 Å². The van der Waals surface area contributed by atoms with Crippen molar-refractivity contribution in [2.24, 2.45) is 11.1 Å². The molecule has 0 spiro atoms. The number of hydrogen-bond donors (Lipinski definition) is 1. The number of oxime groups is 1. The Morgan fingerprint density at radius 1 is 1.58 bits per heavy atom. The van der Waals surface area contributed by atoms with Crippen molar-refractivity contribution in [2.75, 3.05) is 13.1 Å². The van der Waals surface area contributed by atoms with E-state index in [9.17, 15) is 9.18 Å². The van der Waals surface area contributed by atoms with E-state index in [-0.39, 0.29) is 11.8 Å². The highest BCUT2D eigenvalue weighted by Gasteiger charge is 2.28. The zero-order chi connectivity index (χ0) is 13.8. The van der Waals surface area contributed by atoms with E-state index < -0.39 is 5.82 Å². The molecule has 1 atom stereocenters. The maximum atomic E-state index is 13.1. The van der Waals surface area contributed by atoms with Crippen molar-refractivity contribution in [3.63, 3.8) is 0 Å². The number of carbonyl (C=O) groups is 1. The molecular formula is C14H17FN2O2. The summed E-state index contributed by atoms with van der Waals surface area (Å²) >= 11 is 0. The molecule has 4 nitrogen and oxygen atoms in total. The standard InChI is InChI=1S/C14H17FN2O2/c1-2-10-9-17(7-6-13(10)16-19)14(18)11-4-3-5-12(15)8-11/h3-5,8,10,19H,2,6-7,9H2,1H3/b16-13+. The van der Waals surface area contributed by atoms with Gasteiger partial charge in [0.05, 0.1) is 5.71 Å². The van der Waals surface area contributed by atoms with Crippen LogP contribution in [-0.4, -0.2) is 34.8 Å². The van der Waals surface area contributed by atoms with Gasteiger partial charge in [0, 0.05) is 31.0 Å². The van der Waals surface area contributed by atoms with Gasteiger partial charge in [0.15, 0.2) is 0 Å². The van der Waals surface area contributed by atoms with E-state index in [1.807, 2.05) is 6.92 Å². The molecule has 0 bridgehead atoms. The molecular weight excluding hydrogens is 247 g/mol. The van der Waals surface area contributed by atoms with Crippen LogP contribution < -0.4 is 0 Å². The van der Waals surface area contributed by atoms with Crippen molar-refractivity contribution in [1.29, 1.82) is 0 Å². The fourth-order valence-corrected chi connectivity index (χ4v) is 2.40. The van der Waals surface area contributed by atoms with Gasteiger partial charge in [0.25, 0.3) is 5.91 Å². The van der Waals surface area contributed by atoms with Crippen molar-refractivity contribution >= 4 is 11.6 Å². The van der Waals surface area contributed by atoms with Crippen LogP contribution in [0.3, 0.4) is 0 Å². The van der Waals surface area contributed by atoms with Crippen molar-refractivity contribution in [1.82, 2.24) is 4.90 Å². The first-order valence-corrected chi connectivity index (χ1v) is 6.41. The monoisotopic (exact) mass is 264 g/mol. The lowest BCUT2D eigenvalue weighted by Crippen LogP contribution is -2.44. The molecule has 2 rings (SSSR count). The minimum atomic E-state index is -0.410. The van der Waals surface area contributed by atoms with Crippen LogP contribution in [0.25, 0.3) is 0 Å². The molecule has 1 aliphatic heterocycles. The van der Waals surface area contributed by atoms with Gasteiger partial charge in [-0.1, -0.05) is 18.1 Å². The molecule has 19 heavy (non-hydrogen) atoms. The van der Waals surface area contributed by atoms with Crippen LogP contribution in [0.2, 0.25) is 0 Å². The third-order valence-electron chi connectivity index (χ3n) is 3.53. The average molecular weight is 264 g/mol. The smallest absolute Gasteiger partial charge is 0.253 e. The van der Waals surface area contributed by atoms with Crippen LogP contribution in [-0.2, 0) is 0 Å². The van der Waals surface area contributed by atoms with Gasteiger partial charge in [-0.25, -0.2) is 4.39 Å². The molecule has 0 radical (unpaired) electrons. The molecule has 5 heteroatoms. The third kappa shape index (κ3) is 2.92. The molecule has 1 amide bonds. The molecule has 1 fully saturated rings. The summed E-state index contributed by atoms with van der Waals surface area (Å²) in [5.41, 5.74) is 1.10. The fraction of sp³-hybridized carbons (Fsp3) is 0.429. The molecule has 102 valence electrons. The lowest BCUT2D eigenvalue weighted by atomic mass is 9.93. The van der Waals surface area contributed by atoms with E-state index in [1.54, 1.807) is 11.0 Å². The van der Waals surface area contributed by atoms with E-state index in [2.05, 4.69) is 5.16 Å². The van der Waals surface area contributed by atoms with E-state index in [1.165, 1.54) is 18.2 Å². The predicted molar refractivity (Wildman–Crippen MR) is 69.9 cm³/mol. The Hall–Kier alpha value is -1.91. The van der Waals surface area contributed by atoms with Gasteiger partial charge in [0.2, 0.25) is 0 Å². The van der Waals surface area contributed by atoms with Crippen LogP contribution in [0.15, 0.2) is 29.4 Å². The van der Waals surface area contributed by atoms with Gasteiger partial charge < -0.3 is 10.1 Å². The van der Waals surface area contributed by atoms with E-state index in [0.717, 1.165) is 12.1 Å². The molecule has 1 aromatic carbocycles. The fourth-order valence-electron chi connectivity index (χ4n) is 2.40. The molecule has 1 aromatic rings. The lowest BCUT2D eigenvalue weighted by Gasteiger charge is -2.32. The number of rotatable bonds is 2. The first kappa shape index (κ1) is 13.5.